The average molecular weight is 209 g/mol. The van der Waals surface area contributed by atoms with E-state index in [1.165, 1.54) is 12.8 Å². The summed E-state index contributed by atoms with van der Waals surface area (Å²) in [4.78, 5) is 0. The van der Waals surface area contributed by atoms with Crippen molar-refractivity contribution < 1.29 is 9.15 Å². The fourth-order valence-corrected chi connectivity index (χ4v) is 1.91. The monoisotopic (exact) mass is 209 g/mol. The SMILES string of the molecule is c1coc(CCCNCC2CCCO2)c1. The number of aryl methyl sites for hydroxylation is 1. The summed E-state index contributed by atoms with van der Waals surface area (Å²) >= 11 is 0. The molecule has 1 aliphatic heterocycles. The molecule has 0 radical (unpaired) electrons. The molecule has 2 rings (SSSR count). The van der Waals surface area contributed by atoms with Crippen molar-refractivity contribution in [2.45, 2.75) is 31.8 Å². The van der Waals surface area contributed by atoms with E-state index in [0.29, 0.717) is 6.10 Å². The number of hydrogen-bond acceptors (Lipinski definition) is 3. The molecule has 1 unspecified atom stereocenters. The average Bonchev–Trinajstić information content (AvgIpc) is 2.88. The summed E-state index contributed by atoms with van der Waals surface area (Å²) in [6.07, 6.45) is 6.76. The molecule has 1 atom stereocenters. The van der Waals surface area contributed by atoms with Gasteiger partial charge in [0.05, 0.1) is 12.4 Å². The highest BCUT2D eigenvalue weighted by Crippen LogP contribution is 2.10. The summed E-state index contributed by atoms with van der Waals surface area (Å²) in [5, 5.41) is 3.42. The standard InChI is InChI=1S/C12H19NO2/c1(4-11-5-2-8-14-11)7-13-10-12-6-3-9-15-12/h2,5,8,12-13H,1,3-4,6-7,9-10H2. The van der Waals surface area contributed by atoms with Crippen LogP contribution in [-0.2, 0) is 11.2 Å². The van der Waals surface area contributed by atoms with Gasteiger partial charge in [0.25, 0.3) is 0 Å². The molecule has 2 heterocycles. The second-order valence-electron chi connectivity index (χ2n) is 4.02. The highest BCUT2D eigenvalue weighted by molar-refractivity contribution is 4.97. The van der Waals surface area contributed by atoms with Gasteiger partial charge in [-0.2, -0.15) is 0 Å². The molecule has 1 N–H and O–H groups in total. The third-order valence-electron chi connectivity index (χ3n) is 2.75. The number of ether oxygens (including phenoxy) is 1. The van der Waals surface area contributed by atoms with E-state index in [9.17, 15) is 0 Å². The fourth-order valence-electron chi connectivity index (χ4n) is 1.91. The third kappa shape index (κ3) is 3.68. The van der Waals surface area contributed by atoms with Crippen molar-refractivity contribution in [2.24, 2.45) is 0 Å². The normalized spacial score (nSPS) is 20.9. The number of furan rings is 1. The van der Waals surface area contributed by atoms with E-state index in [4.69, 9.17) is 9.15 Å². The molecule has 84 valence electrons. The summed E-state index contributed by atoms with van der Waals surface area (Å²) in [5.41, 5.74) is 0. The van der Waals surface area contributed by atoms with Crippen LogP contribution in [0.3, 0.4) is 0 Å². The Labute approximate surface area is 90.8 Å². The fraction of sp³-hybridized carbons (Fsp3) is 0.667. The minimum Gasteiger partial charge on any atom is -0.469 e. The van der Waals surface area contributed by atoms with E-state index in [1.54, 1.807) is 6.26 Å². The van der Waals surface area contributed by atoms with Gasteiger partial charge in [0.15, 0.2) is 0 Å². The highest BCUT2D eigenvalue weighted by atomic mass is 16.5. The van der Waals surface area contributed by atoms with E-state index in [0.717, 1.165) is 38.3 Å². The van der Waals surface area contributed by atoms with Gasteiger partial charge in [-0.1, -0.05) is 0 Å². The molecule has 1 saturated heterocycles. The second kappa shape index (κ2) is 5.93. The van der Waals surface area contributed by atoms with Crippen LogP contribution >= 0.6 is 0 Å². The van der Waals surface area contributed by atoms with Gasteiger partial charge in [0, 0.05) is 19.6 Å². The predicted octanol–water partition coefficient (Wildman–Crippen LogP) is 1.98. The van der Waals surface area contributed by atoms with Gasteiger partial charge in [-0.15, -0.1) is 0 Å². The molecular weight excluding hydrogens is 190 g/mol. The zero-order valence-corrected chi connectivity index (χ0v) is 9.08. The van der Waals surface area contributed by atoms with Crippen molar-refractivity contribution in [3.8, 4) is 0 Å². The highest BCUT2D eigenvalue weighted by Gasteiger charge is 2.13. The van der Waals surface area contributed by atoms with Crippen LogP contribution in [0, 0.1) is 0 Å². The van der Waals surface area contributed by atoms with Gasteiger partial charge in [-0.05, 0) is 37.9 Å². The molecule has 1 aliphatic rings. The molecule has 1 aromatic rings. The maximum Gasteiger partial charge on any atom is 0.103 e. The van der Waals surface area contributed by atoms with Gasteiger partial charge in [-0.3, -0.25) is 0 Å². The van der Waals surface area contributed by atoms with Crippen LogP contribution in [0.5, 0.6) is 0 Å². The summed E-state index contributed by atoms with van der Waals surface area (Å²) < 4.78 is 10.8. The van der Waals surface area contributed by atoms with Crippen LogP contribution in [-0.4, -0.2) is 25.8 Å². The zero-order valence-electron chi connectivity index (χ0n) is 9.08. The van der Waals surface area contributed by atoms with Gasteiger partial charge in [0.2, 0.25) is 0 Å². The first-order valence-corrected chi connectivity index (χ1v) is 5.80. The Morgan fingerprint density at radius 3 is 3.20 bits per heavy atom. The molecular formula is C12H19NO2. The molecule has 0 aromatic carbocycles. The van der Waals surface area contributed by atoms with Crippen molar-refractivity contribution in [3.63, 3.8) is 0 Å². The van der Waals surface area contributed by atoms with Crippen LogP contribution < -0.4 is 5.32 Å². The Morgan fingerprint density at radius 1 is 1.47 bits per heavy atom. The van der Waals surface area contributed by atoms with E-state index in [1.807, 2.05) is 12.1 Å². The molecule has 0 bridgehead atoms. The maximum atomic E-state index is 5.52. The third-order valence-corrected chi connectivity index (χ3v) is 2.75. The van der Waals surface area contributed by atoms with Crippen LogP contribution in [0.1, 0.15) is 25.0 Å². The molecule has 3 nitrogen and oxygen atoms in total. The molecule has 1 aromatic heterocycles. The second-order valence-corrected chi connectivity index (χ2v) is 4.02. The lowest BCUT2D eigenvalue weighted by Gasteiger charge is -2.09. The van der Waals surface area contributed by atoms with Gasteiger partial charge in [-0.25, -0.2) is 0 Å². The smallest absolute Gasteiger partial charge is 0.103 e. The minimum absolute atomic E-state index is 0.452. The summed E-state index contributed by atoms with van der Waals surface area (Å²) in [6, 6.07) is 3.97. The van der Waals surface area contributed by atoms with Crippen molar-refractivity contribution in [2.75, 3.05) is 19.7 Å². The van der Waals surface area contributed by atoms with E-state index in [-0.39, 0.29) is 0 Å². The summed E-state index contributed by atoms with van der Waals surface area (Å²) in [6.45, 7) is 2.98. The van der Waals surface area contributed by atoms with Gasteiger partial charge >= 0.3 is 0 Å². The molecule has 15 heavy (non-hydrogen) atoms. The summed E-state index contributed by atoms with van der Waals surface area (Å²) in [5.74, 6) is 1.08. The first-order chi connectivity index (χ1) is 7.45. The number of hydrogen-bond donors (Lipinski definition) is 1. The Hall–Kier alpha value is -0.800. The van der Waals surface area contributed by atoms with Crippen LogP contribution in [0.2, 0.25) is 0 Å². The Bertz CT molecular complexity index is 253. The van der Waals surface area contributed by atoms with E-state index < -0.39 is 0 Å². The van der Waals surface area contributed by atoms with Crippen LogP contribution in [0.4, 0.5) is 0 Å². The molecule has 0 aliphatic carbocycles. The molecule has 3 heteroatoms. The van der Waals surface area contributed by atoms with Crippen molar-refractivity contribution in [3.05, 3.63) is 24.2 Å². The lowest BCUT2D eigenvalue weighted by atomic mass is 10.2. The first-order valence-electron chi connectivity index (χ1n) is 5.80. The zero-order chi connectivity index (χ0) is 10.3. The number of nitrogens with one attached hydrogen (secondary N) is 1. The largest absolute Gasteiger partial charge is 0.469 e. The van der Waals surface area contributed by atoms with Crippen LogP contribution in [0.25, 0.3) is 0 Å². The Balaban J connectivity index is 1.48. The molecule has 0 amide bonds. The predicted molar refractivity (Wildman–Crippen MR) is 58.9 cm³/mol. The van der Waals surface area contributed by atoms with E-state index in [2.05, 4.69) is 5.32 Å². The lowest BCUT2D eigenvalue weighted by Crippen LogP contribution is -2.27. The van der Waals surface area contributed by atoms with E-state index >= 15 is 0 Å². The van der Waals surface area contributed by atoms with Gasteiger partial charge in [0.1, 0.15) is 5.76 Å². The topological polar surface area (TPSA) is 34.4 Å². The van der Waals surface area contributed by atoms with Gasteiger partial charge < -0.3 is 14.5 Å². The molecule has 0 saturated carbocycles. The van der Waals surface area contributed by atoms with Crippen LogP contribution in [0.15, 0.2) is 22.8 Å². The van der Waals surface area contributed by atoms with Crippen molar-refractivity contribution >= 4 is 0 Å². The lowest BCUT2D eigenvalue weighted by molar-refractivity contribution is 0.110. The maximum absolute atomic E-state index is 5.52. The molecule has 1 fully saturated rings. The van der Waals surface area contributed by atoms with Crippen molar-refractivity contribution in [1.29, 1.82) is 0 Å². The summed E-state index contributed by atoms with van der Waals surface area (Å²) in [7, 11) is 0. The quantitative estimate of drug-likeness (QED) is 0.727. The molecule has 0 spiro atoms. The minimum atomic E-state index is 0.452. The Morgan fingerprint density at radius 2 is 2.47 bits per heavy atom. The first kappa shape index (κ1) is 10.7. The number of rotatable bonds is 6. The Kier molecular flexibility index (Phi) is 4.23. The van der Waals surface area contributed by atoms with Crippen molar-refractivity contribution in [1.82, 2.24) is 5.32 Å².